The first-order chi connectivity index (χ1) is 13.9. The van der Waals surface area contributed by atoms with Crippen LogP contribution in [-0.4, -0.2) is 43.9 Å². The molecule has 0 saturated carbocycles. The minimum Gasteiger partial charge on any atom is -0.454 e. The number of quaternary nitrogens is 1. The summed E-state index contributed by atoms with van der Waals surface area (Å²) >= 11 is 0. The second-order valence-corrected chi connectivity index (χ2v) is 8.86. The molecule has 0 spiro atoms. The van der Waals surface area contributed by atoms with Crippen LogP contribution in [0.25, 0.3) is 0 Å². The molecule has 6 nitrogen and oxygen atoms in total. The van der Waals surface area contributed by atoms with E-state index in [0.29, 0.717) is 6.79 Å². The van der Waals surface area contributed by atoms with Crippen molar-refractivity contribution in [1.29, 1.82) is 0 Å². The van der Waals surface area contributed by atoms with Crippen LogP contribution >= 0.6 is 0 Å². The van der Waals surface area contributed by atoms with Gasteiger partial charge >= 0.3 is 6.03 Å². The Balaban J connectivity index is 1.27. The van der Waals surface area contributed by atoms with Gasteiger partial charge in [-0.1, -0.05) is 32.9 Å². The number of hydrogen-bond donors (Lipinski definition) is 2. The Labute approximate surface area is 172 Å². The zero-order valence-electron chi connectivity index (χ0n) is 17.5. The van der Waals surface area contributed by atoms with Crippen LogP contribution in [0, 0.1) is 0 Å². The molecule has 2 aliphatic rings. The second-order valence-electron chi connectivity index (χ2n) is 8.86. The molecule has 6 heteroatoms. The number of carbonyl (C=O) groups excluding carboxylic acids is 1. The molecule has 29 heavy (non-hydrogen) atoms. The normalized spacial score (nSPS) is 16.7. The van der Waals surface area contributed by atoms with E-state index < -0.39 is 0 Å². The molecule has 0 atom stereocenters. The van der Waals surface area contributed by atoms with Gasteiger partial charge in [0.1, 0.15) is 6.54 Å². The SMILES string of the molecule is CC(C)(C)c1ccc(NC(=O)N2CC[NH+](Cc3ccc4c(c3)OCO4)CC2)cc1. The highest BCUT2D eigenvalue weighted by atomic mass is 16.7. The van der Waals surface area contributed by atoms with E-state index in [0.717, 1.165) is 49.9 Å². The molecule has 2 aromatic carbocycles. The standard InChI is InChI=1S/C23H29N3O3/c1-23(2,3)18-5-7-19(8-6-18)24-22(27)26-12-10-25(11-13-26)15-17-4-9-20-21(14-17)29-16-28-20/h4-9,14H,10-13,15-16H2,1-3H3,(H,24,27)/p+1. The minimum atomic E-state index is -0.0179. The highest BCUT2D eigenvalue weighted by Gasteiger charge is 2.24. The fourth-order valence-electron chi connectivity index (χ4n) is 3.80. The zero-order chi connectivity index (χ0) is 20.4. The fourth-order valence-corrected chi connectivity index (χ4v) is 3.80. The number of hydrogen-bond acceptors (Lipinski definition) is 3. The number of anilines is 1. The third kappa shape index (κ3) is 4.65. The predicted octanol–water partition coefficient (Wildman–Crippen LogP) is 2.65. The smallest absolute Gasteiger partial charge is 0.322 e. The highest BCUT2D eigenvalue weighted by molar-refractivity contribution is 5.89. The molecule has 1 saturated heterocycles. The summed E-state index contributed by atoms with van der Waals surface area (Å²) in [7, 11) is 0. The largest absolute Gasteiger partial charge is 0.454 e. The van der Waals surface area contributed by atoms with Gasteiger partial charge < -0.3 is 24.6 Å². The molecule has 2 aromatic rings. The number of urea groups is 1. The van der Waals surface area contributed by atoms with Gasteiger partial charge in [-0.2, -0.15) is 0 Å². The number of amides is 2. The molecule has 2 aliphatic heterocycles. The van der Waals surface area contributed by atoms with Crippen molar-refractivity contribution in [3.8, 4) is 11.5 Å². The Bertz CT molecular complexity index is 866. The van der Waals surface area contributed by atoms with Crippen LogP contribution in [-0.2, 0) is 12.0 Å². The maximum Gasteiger partial charge on any atom is 0.322 e. The number of piperazine rings is 1. The monoisotopic (exact) mass is 396 g/mol. The Kier molecular flexibility index (Phi) is 5.37. The van der Waals surface area contributed by atoms with Gasteiger partial charge in [-0.3, -0.25) is 0 Å². The molecule has 1 fully saturated rings. The third-order valence-corrected chi connectivity index (χ3v) is 5.65. The molecule has 2 N–H and O–H groups in total. The number of nitrogens with zero attached hydrogens (tertiary/aromatic N) is 1. The lowest BCUT2D eigenvalue weighted by Crippen LogP contribution is -3.13. The summed E-state index contributed by atoms with van der Waals surface area (Å²) in [6.45, 7) is 11.2. The van der Waals surface area contributed by atoms with E-state index in [2.05, 4.69) is 50.4 Å². The Hall–Kier alpha value is -2.73. The van der Waals surface area contributed by atoms with E-state index in [1.165, 1.54) is 16.0 Å². The molecule has 154 valence electrons. The molecule has 0 aromatic heterocycles. The van der Waals surface area contributed by atoms with Gasteiger partial charge in [0.15, 0.2) is 11.5 Å². The van der Waals surface area contributed by atoms with Crippen LogP contribution in [0.15, 0.2) is 42.5 Å². The molecule has 0 radical (unpaired) electrons. The lowest BCUT2D eigenvalue weighted by Gasteiger charge is -2.32. The summed E-state index contributed by atoms with van der Waals surface area (Å²) in [6, 6.07) is 14.3. The van der Waals surface area contributed by atoms with Crippen molar-refractivity contribution in [2.45, 2.75) is 32.7 Å². The number of ether oxygens (including phenoxy) is 2. The van der Waals surface area contributed by atoms with E-state index in [-0.39, 0.29) is 11.4 Å². The van der Waals surface area contributed by atoms with Gasteiger partial charge in [0.05, 0.1) is 26.2 Å². The Morgan fingerprint density at radius 3 is 2.41 bits per heavy atom. The summed E-state index contributed by atoms with van der Waals surface area (Å²) in [4.78, 5) is 16.0. The van der Waals surface area contributed by atoms with Crippen LogP contribution in [0.4, 0.5) is 10.5 Å². The van der Waals surface area contributed by atoms with E-state index >= 15 is 0 Å². The van der Waals surface area contributed by atoms with Crippen molar-refractivity contribution < 1.29 is 19.2 Å². The first-order valence-electron chi connectivity index (χ1n) is 10.3. The van der Waals surface area contributed by atoms with Crippen molar-refractivity contribution in [2.24, 2.45) is 0 Å². The molecule has 0 bridgehead atoms. The van der Waals surface area contributed by atoms with Crippen LogP contribution in [0.5, 0.6) is 11.5 Å². The summed E-state index contributed by atoms with van der Waals surface area (Å²) in [5.41, 5.74) is 3.45. The van der Waals surface area contributed by atoms with Crippen molar-refractivity contribution in [2.75, 3.05) is 38.3 Å². The predicted molar refractivity (Wildman–Crippen MR) is 113 cm³/mol. The van der Waals surface area contributed by atoms with Gasteiger partial charge in [-0.25, -0.2) is 4.79 Å². The van der Waals surface area contributed by atoms with E-state index in [1.54, 1.807) is 0 Å². The lowest BCUT2D eigenvalue weighted by atomic mass is 9.87. The molecule has 4 rings (SSSR count). The second kappa shape index (κ2) is 7.95. The summed E-state index contributed by atoms with van der Waals surface area (Å²) in [6.07, 6.45) is 0. The van der Waals surface area contributed by atoms with Gasteiger partial charge in [-0.15, -0.1) is 0 Å². The van der Waals surface area contributed by atoms with Gasteiger partial charge in [0, 0.05) is 11.3 Å². The third-order valence-electron chi connectivity index (χ3n) is 5.65. The van der Waals surface area contributed by atoms with Crippen LogP contribution in [0.2, 0.25) is 0 Å². The first kappa shape index (κ1) is 19.6. The van der Waals surface area contributed by atoms with Gasteiger partial charge in [0.2, 0.25) is 6.79 Å². The van der Waals surface area contributed by atoms with Crippen molar-refractivity contribution >= 4 is 11.7 Å². The molecule has 2 heterocycles. The van der Waals surface area contributed by atoms with Gasteiger partial charge in [-0.05, 0) is 41.3 Å². The molecular weight excluding hydrogens is 366 g/mol. The quantitative estimate of drug-likeness (QED) is 0.839. The molecule has 0 unspecified atom stereocenters. The van der Waals surface area contributed by atoms with Crippen molar-refractivity contribution in [3.63, 3.8) is 0 Å². The maximum absolute atomic E-state index is 12.6. The summed E-state index contributed by atoms with van der Waals surface area (Å²) in [5, 5.41) is 3.03. The van der Waals surface area contributed by atoms with Crippen LogP contribution in [0.3, 0.4) is 0 Å². The maximum atomic E-state index is 12.6. The van der Waals surface area contributed by atoms with E-state index in [1.807, 2.05) is 23.1 Å². The van der Waals surface area contributed by atoms with Crippen LogP contribution < -0.4 is 19.7 Å². The number of nitrogens with one attached hydrogen (secondary N) is 2. The number of fused-ring (bicyclic) bond motifs is 1. The number of rotatable bonds is 3. The van der Waals surface area contributed by atoms with Crippen molar-refractivity contribution in [1.82, 2.24) is 4.90 Å². The Morgan fingerprint density at radius 2 is 1.72 bits per heavy atom. The van der Waals surface area contributed by atoms with E-state index in [9.17, 15) is 4.79 Å². The molecule has 0 aliphatic carbocycles. The lowest BCUT2D eigenvalue weighted by molar-refractivity contribution is -0.917. The first-order valence-corrected chi connectivity index (χ1v) is 10.3. The Morgan fingerprint density at radius 1 is 1.03 bits per heavy atom. The zero-order valence-corrected chi connectivity index (χ0v) is 17.5. The molecule has 2 amide bonds. The average Bonchev–Trinajstić information content (AvgIpc) is 3.16. The van der Waals surface area contributed by atoms with Crippen molar-refractivity contribution in [3.05, 3.63) is 53.6 Å². The topological polar surface area (TPSA) is 55.2 Å². The molecular formula is C23H30N3O3+. The fraction of sp³-hybridized carbons (Fsp3) is 0.435. The number of benzene rings is 2. The number of carbonyl (C=O) groups is 1. The van der Waals surface area contributed by atoms with E-state index in [4.69, 9.17) is 9.47 Å². The van der Waals surface area contributed by atoms with Crippen LogP contribution in [0.1, 0.15) is 31.9 Å². The minimum absolute atomic E-state index is 0.0179. The average molecular weight is 397 g/mol. The summed E-state index contributed by atoms with van der Waals surface area (Å²) in [5.74, 6) is 1.65. The summed E-state index contributed by atoms with van der Waals surface area (Å²) < 4.78 is 10.8. The van der Waals surface area contributed by atoms with Gasteiger partial charge in [0.25, 0.3) is 0 Å². The highest BCUT2D eigenvalue weighted by Crippen LogP contribution is 2.32.